The van der Waals surface area contributed by atoms with Crippen molar-refractivity contribution in [3.05, 3.63) is 54.4 Å². The van der Waals surface area contributed by atoms with Crippen molar-refractivity contribution < 1.29 is 9.47 Å². The Bertz CT molecular complexity index is 1530. The van der Waals surface area contributed by atoms with Crippen LogP contribution in [0.5, 0.6) is 5.75 Å². The number of piperazine rings is 1. The van der Waals surface area contributed by atoms with E-state index in [2.05, 4.69) is 60.4 Å². The summed E-state index contributed by atoms with van der Waals surface area (Å²) in [4.78, 5) is 22.2. The zero-order chi connectivity index (χ0) is 26.9. The maximum Gasteiger partial charge on any atom is 0.161 e. The van der Waals surface area contributed by atoms with Crippen LogP contribution in [0.3, 0.4) is 0 Å². The fourth-order valence-electron chi connectivity index (χ4n) is 5.75. The maximum absolute atomic E-state index is 9.85. The van der Waals surface area contributed by atoms with E-state index in [-0.39, 0.29) is 6.10 Å². The number of aromatic nitrogens is 4. The number of H-pyrrole nitrogens is 1. The quantitative estimate of drug-likeness (QED) is 0.383. The van der Waals surface area contributed by atoms with Gasteiger partial charge in [-0.1, -0.05) is 0 Å². The van der Waals surface area contributed by atoms with Gasteiger partial charge in [0.1, 0.15) is 41.3 Å². The topological polar surface area (TPSA) is 115 Å². The Balaban J connectivity index is 1.10. The summed E-state index contributed by atoms with van der Waals surface area (Å²) in [7, 11) is 0. The molecule has 3 fully saturated rings. The van der Waals surface area contributed by atoms with Gasteiger partial charge >= 0.3 is 0 Å². The van der Waals surface area contributed by atoms with Crippen LogP contribution in [0, 0.1) is 11.3 Å². The maximum atomic E-state index is 9.85. The van der Waals surface area contributed by atoms with Crippen molar-refractivity contribution in [1.29, 1.82) is 5.26 Å². The van der Waals surface area contributed by atoms with Gasteiger partial charge in [-0.25, -0.2) is 15.0 Å². The Kier molecular flexibility index (Phi) is 6.77. The molecular weight excluding hydrogens is 504 g/mol. The molecule has 0 unspecified atom stereocenters. The number of hydrogen-bond acceptors (Lipinski definition) is 9. The molecule has 2 aromatic heterocycles. The van der Waals surface area contributed by atoms with Crippen LogP contribution < -0.4 is 15.0 Å². The second-order valence-electron chi connectivity index (χ2n) is 10.7. The van der Waals surface area contributed by atoms with Gasteiger partial charge < -0.3 is 24.7 Å². The molecule has 204 valence electrons. The minimum absolute atomic E-state index is 0.122. The van der Waals surface area contributed by atoms with E-state index in [4.69, 9.17) is 14.5 Å². The van der Waals surface area contributed by atoms with E-state index in [0.29, 0.717) is 34.2 Å². The van der Waals surface area contributed by atoms with Crippen molar-refractivity contribution in [2.75, 3.05) is 57.4 Å². The van der Waals surface area contributed by atoms with E-state index in [1.54, 1.807) is 0 Å². The first-order valence-electron chi connectivity index (χ1n) is 14.0. The number of anilines is 1. The van der Waals surface area contributed by atoms with Crippen molar-refractivity contribution >= 4 is 16.9 Å². The SMILES string of the molecule is N#Cc1cc(-c2ncnc3[nH]c(-c4ccc(N5CCN(C6COC6)CC5)cc4)nc23)ccc1OC1CCNCC1. The van der Waals surface area contributed by atoms with Gasteiger partial charge in [-0.05, 0) is 68.4 Å². The molecule has 3 aliphatic heterocycles. The average Bonchev–Trinajstić information content (AvgIpc) is 3.42. The Labute approximate surface area is 233 Å². The Hall–Kier alpha value is -4.04. The number of nitriles is 1. The molecule has 7 rings (SSSR count). The van der Waals surface area contributed by atoms with Crippen LogP contribution in [-0.2, 0) is 4.74 Å². The van der Waals surface area contributed by atoms with Gasteiger partial charge in [0.2, 0.25) is 0 Å². The molecule has 3 saturated heterocycles. The zero-order valence-electron chi connectivity index (χ0n) is 22.3. The molecule has 2 N–H and O–H groups in total. The highest BCUT2D eigenvalue weighted by molar-refractivity contribution is 5.89. The lowest BCUT2D eigenvalue weighted by Gasteiger charge is -2.43. The summed E-state index contributed by atoms with van der Waals surface area (Å²) in [6.45, 7) is 7.78. The lowest BCUT2D eigenvalue weighted by Crippen LogP contribution is -2.56. The highest BCUT2D eigenvalue weighted by Gasteiger charge is 2.29. The van der Waals surface area contributed by atoms with Crippen LogP contribution in [-0.4, -0.2) is 89.5 Å². The fourth-order valence-corrected chi connectivity index (χ4v) is 5.75. The molecule has 4 aromatic rings. The molecule has 2 aromatic carbocycles. The number of imidazole rings is 1. The Morgan fingerprint density at radius 1 is 0.950 bits per heavy atom. The van der Waals surface area contributed by atoms with E-state index < -0.39 is 0 Å². The first-order valence-corrected chi connectivity index (χ1v) is 14.0. The number of hydrogen-bond donors (Lipinski definition) is 2. The highest BCUT2D eigenvalue weighted by Crippen LogP contribution is 2.31. The lowest BCUT2D eigenvalue weighted by atomic mass is 10.1. The molecule has 0 saturated carbocycles. The summed E-state index contributed by atoms with van der Waals surface area (Å²) in [6.07, 6.45) is 3.52. The van der Waals surface area contributed by atoms with Crippen LogP contribution in [0.2, 0.25) is 0 Å². The monoisotopic (exact) mass is 536 g/mol. The molecule has 0 radical (unpaired) electrons. The van der Waals surface area contributed by atoms with E-state index in [0.717, 1.165) is 82.3 Å². The molecule has 10 heteroatoms. The van der Waals surface area contributed by atoms with Crippen LogP contribution in [0.25, 0.3) is 33.8 Å². The number of ether oxygens (including phenoxy) is 2. The number of rotatable bonds is 6. The van der Waals surface area contributed by atoms with Crippen LogP contribution in [0.4, 0.5) is 5.69 Å². The summed E-state index contributed by atoms with van der Waals surface area (Å²) in [5.74, 6) is 1.36. The van der Waals surface area contributed by atoms with Crippen LogP contribution in [0.15, 0.2) is 48.8 Å². The lowest BCUT2D eigenvalue weighted by molar-refractivity contribution is -0.0660. The smallest absolute Gasteiger partial charge is 0.161 e. The van der Waals surface area contributed by atoms with Gasteiger partial charge in [0.15, 0.2) is 5.65 Å². The molecule has 5 heterocycles. The zero-order valence-corrected chi connectivity index (χ0v) is 22.3. The van der Waals surface area contributed by atoms with E-state index in [9.17, 15) is 5.26 Å². The van der Waals surface area contributed by atoms with E-state index in [1.807, 2.05) is 18.2 Å². The largest absolute Gasteiger partial charge is 0.489 e. The first kappa shape index (κ1) is 25.0. The van der Waals surface area contributed by atoms with Gasteiger partial charge in [-0.15, -0.1) is 0 Å². The molecular formula is C30H32N8O2. The van der Waals surface area contributed by atoms with Crippen LogP contribution in [0.1, 0.15) is 18.4 Å². The third kappa shape index (κ3) is 4.88. The normalized spacial score (nSPS) is 18.9. The molecule has 40 heavy (non-hydrogen) atoms. The standard InChI is InChI=1S/C30H32N8O2/c31-16-22-15-21(3-6-26(22)40-25-7-9-32-10-8-25)27-28-30(34-19-33-27)36-29(35-28)20-1-4-23(5-2-20)37-11-13-38(14-12-37)24-17-39-18-24/h1-6,15,19,24-25,32H,7-14,17-18H2,(H,33,34,35,36). The number of nitrogens with zero attached hydrogens (tertiary/aromatic N) is 6. The third-order valence-electron chi connectivity index (χ3n) is 8.19. The molecule has 10 nitrogen and oxygen atoms in total. The molecule has 0 atom stereocenters. The average molecular weight is 537 g/mol. The van der Waals surface area contributed by atoms with Crippen molar-refractivity contribution in [2.45, 2.75) is 25.0 Å². The fraction of sp³-hybridized carbons (Fsp3) is 0.400. The molecule has 0 aliphatic carbocycles. The molecule has 3 aliphatic rings. The van der Waals surface area contributed by atoms with Crippen molar-refractivity contribution in [3.63, 3.8) is 0 Å². The van der Waals surface area contributed by atoms with Gasteiger partial charge in [-0.2, -0.15) is 5.26 Å². The van der Waals surface area contributed by atoms with Gasteiger partial charge in [0.05, 0.1) is 24.8 Å². The predicted molar refractivity (Wildman–Crippen MR) is 152 cm³/mol. The molecule has 0 spiro atoms. The minimum atomic E-state index is 0.122. The van der Waals surface area contributed by atoms with E-state index in [1.165, 1.54) is 12.0 Å². The number of fused-ring (bicyclic) bond motifs is 1. The summed E-state index contributed by atoms with van der Waals surface area (Å²) in [6, 6.07) is 17.1. The third-order valence-corrected chi connectivity index (χ3v) is 8.19. The van der Waals surface area contributed by atoms with Crippen LogP contribution >= 0.6 is 0 Å². The van der Waals surface area contributed by atoms with Crippen molar-refractivity contribution in [1.82, 2.24) is 30.2 Å². The molecule has 0 amide bonds. The number of benzene rings is 2. The van der Waals surface area contributed by atoms with Gasteiger partial charge in [0, 0.05) is 43.0 Å². The number of aromatic amines is 1. The summed E-state index contributed by atoms with van der Waals surface area (Å²) in [5, 5.41) is 13.2. The Morgan fingerprint density at radius 3 is 2.45 bits per heavy atom. The second-order valence-corrected chi connectivity index (χ2v) is 10.7. The van der Waals surface area contributed by atoms with E-state index >= 15 is 0 Å². The van der Waals surface area contributed by atoms with Crippen molar-refractivity contribution in [2.24, 2.45) is 0 Å². The summed E-state index contributed by atoms with van der Waals surface area (Å²) in [5.41, 5.74) is 5.53. The summed E-state index contributed by atoms with van der Waals surface area (Å²) >= 11 is 0. The number of nitrogens with one attached hydrogen (secondary N) is 2. The van der Waals surface area contributed by atoms with Gasteiger partial charge in [-0.3, -0.25) is 4.90 Å². The highest BCUT2D eigenvalue weighted by atomic mass is 16.5. The molecule has 0 bridgehead atoms. The van der Waals surface area contributed by atoms with Gasteiger partial charge in [0.25, 0.3) is 0 Å². The second kappa shape index (κ2) is 10.8. The predicted octanol–water partition coefficient (Wildman–Crippen LogP) is 3.21. The first-order chi connectivity index (χ1) is 19.7. The van der Waals surface area contributed by atoms with Crippen molar-refractivity contribution in [3.8, 4) is 34.5 Å². The minimum Gasteiger partial charge on any atom is -0.489 e. The summed E-state index contributed by atoms with van der Waals surface area (Å²) < 4.78 is 11.5. The number of piperidine rings is 1. The Morgan fingerprint density at radius 2 is 1.73 bits per heavy atom.